The van der Waals surface area contributed by atoms with Gasteiger partial charge in [-0.2, -0.15) is 5.10 Å². The molecule has 156 valence electrons. The van der Waals surface area contributed by atoms with Gasteiger partial charge in [0.25, 0.3) is 5.91 Å². The minimum absolute atomic E-state index is 0.00654. The van der Waals surface area contributed by atoms with Crippen LogP contribution in [0, 0.1) is 0 Å². The summed E-state index contributed by atoms with van der Waals surface area (Å²) in [7, 11) is 1.44. The molecule has 2 aromatic carbocycles. The minimum Gasteiger partial charge on any atom is -0.493 e. The molecule has 1 aromatic heterocycles. The van der Waals surface area contributed by atoms with Gasteiger partial charge in [0.15, 0.2) is 12.4 Å². The summed E-state index contributed by atoms with van der Waals surface area (Å²) in [6.07, 6.45) is 2.63. The lowest BCUT2D eigenvalue weighted by Crippen LogP contribution is -2.21. The first-order valence-electron chi connectivity index (χ1n) is 9.77. The van der Waals surface area contributed by atoms with Gasteiger partial charge in [0.2, 0.25) is 5.69 Å². The van der Waals surface area contributed by atoms with Crippen molar-refractivity contribution in [1.82, 2.24) is 9.78 Å². The minimum atomic E-state index is -0.733. The van der Waals surface area contributed by atoms with Crippen LogP contribution in [0.15, 0.2) is 60.8 Å². The first-order valence-corrected chi connectivity index (χ1v) is 9.77. The molecule has 0 saturated heterocycles. The van der Waals surface area contributed by atoms with Gasteiger partial charge in [0.1, 0.15) is 0 Å². The van der Waals surface area contributed by atoms with Crippen molar-refractivity contribution >= 4 is 17.6 Å². The van der Waals surface area contributed by atoms with Crippen LogP contribution in [0.3, 0.4) is 0 Å². The Kier molecular flexibility index (Phi) is 6.85. The number of hydrogen-bond donors (Lipinski definition) is 1. The number of methoxy groups -OCH3 is 1. The second-order valence-corrected chi connectivity index (χ2v) is 6.88. The zero-order valence-electron chi connectivity index (χ0n) is 17.3. The van der Waals surface area contributed by atoms with Gasteiger partial charge in [0.05, 0.1) is 19.0 Å². The zero-order valence-corrected chi connectivity index (χ0v) is 17.3. The third-order valence-electron chi connectivity index (χ3n) is 4.82. The molecule has 1 heterocycles. The Morgan fingerprint density at radius 3 is 2.43 bits per heavy atom. The number of hydrogen-bond acceptors (Lipinski definition) is 5. The molecule has 1 atom stereocenters. The van der Waals surface area contributed by atoms with Crippen LogP contribution in [0.25, 0.3) is 5.69 Å². The lowest BCUT2D eigenvalue weighted by atomic mass is 9.99. The maximum atomic E-state index is 12.4. The Balaban J connectivity index is 1.60. The standard InChI is InChI=1S/C23H25N3O4/c1-4-16(2)17-10-12-18(13-11-17)24-21(27)15-30-23(28)22-20(29-3)14-26(25-22)19-8-6-5-7-9-19/h5-14,16H,4,15H2,1-3H3,(H,24,27)/t16-/m1/s1. The highest BCUT2D eigenvalue weighted by Crippen LogP contribution is 2.21. The topological polar surface area (TPSA) is 82.5 Å². The molecule has 0 aliphatic heterocycles. The normalized spacial score (nSPS) is 11.6. The summed E-state index contributed by atoms with van der Waals surface area (Å²) in [5, 5.41) is 6.95. The molecule has 3 aromatic rings. The van der Waals surface area contributed by atoms with E-state index in [1.807, 2.05) is 54.6 Å². The van der Waals surface area contributed by atoms with E-state index in [-0.39, 0.29) is 11.4 Å². The van der Waals surface area contributed by atoms with E-state index in [9.17, 15) is 9.59 Å². The maximum absolute atomic E-state index is 12.4. The molecule has 0 aliphatic carbocycles. The van der Waals surface area contributed by atoms with Crippen LogP contribution in [0.2, 0.25) is 0 Å². The van der Waals surface area contributed by atoms with Crippen molar-refractivity contribution in [2.75, 3.05) is 19.0 Å². The first-order chi connectivity index (χ1) is 14.5. The van der Waals surface area contributed by atoms with E-state index < -0.39 is 18.5 Å². The third-order valence-corrected chi connectivity index (χ3v) is 4.82. The lowest BCUT2D eigenvalue weighted by molar-refractivity contribution is -0.119. The highest BCUT2D eigenvalue weighted by atomic mass is 16.5. The molecule has 7 heteroatoms. The number of esters is 1. The van der Waals surface area contributed by atoms with Gasteiger partial charge in [-0.3, -0.25) is 4.79 Å². The molecular weight excluding hydrogens is 382 g/mol. The number of carbonyl (C=O) groups is 2. The summed E-state index contributed by atoms with van der Waals surface area (Å²) in [4.78, 5) is 24.6. The largest absolute Gasteiger partial charge is 0.493 e. The number of ether oxygens (including phenoxy) is 2. The van der Waals surface area contributed by atoms with Crippen LogP contribution in [-0.4, -0.2) is 35.4 Å². The molecule has 1 N–H and O–H groups in total. The number of para-hydroxylation sites is 1. The monoisotopic (exact) mass is 407 g/mol. The van der Waals surface area contributed by atoms with E-state index >= 15 is 0 Å². The summed E-state index contributed by atoms with van der Waals surface area (Å²) >= 11 is 0. The van der Waals surface area contributed by atoms with Crippen molar-refractivity contribution in [1.29, 1.82) is 0 Å². The number of benzene rings is 2. The van der Waals surface area contributed by atoms with Gasteiger partial charge in [-0.05, 0) is 42.2 Å². The van der Waals surface area contributed by atoms with Crippen LogP contribution in [-0.2, 0) is 9.53 Å². The average Bonchev–Trinajstić information content (AvgIpc) is 3.23. The van der Waals surface area contributed by atoms with Crippen molar-refractivity contribution in [3.8, 4) is 11.4 Å². The molecule has 1 amide bonds. The number of nitrogens with zero attached hydrogens (tertiary/aromatic N) is 2. The predicted molar refractivity (Wildman–Crippen MR) is 114 cm³/mol. The summed E-state index contributed by atoms with van der Waals surface area (Å²) < 4.78 is 11.9. The summed E-state index contributed by atoms with van der Waals surface area (Å²) in [6.45, 7) is 3.86. The molecule has 7 nitrogen and oxygen atoms in total. The Labute approximate surface area is 175 Å². The number of carbonyl (C=O) groups excluding carboxylic acids is 2. The summed E-state index contributed by atoms with van der Waals surface area (Å²) in [6, 6.07) is 17.0. The molecule has 0 spiro atoms. The van der Waals surface area contributed by atoms with E-state index in [0.717, 1.165) is 12.1 Å². The van der Waals surface area contributed by atoms with Gasteiger partial charge in [-0.1, -0.05) is 44.2 Å². The quantitative estimate of drug-likeness (QED) is 0.566. The highest BCUT2D eigenvalue weighted by molar-refractivity contribution is 5.95. The number of rotatable bonds is 8. The van der Waals surface area contributed by atoms with Crippen molar-refractivity contribution in [3.63, 3.8) is 0 Å². The van der Waals surface area contributed by atoms with Crippen LogP contribution < -0.4 is 10.1 Å². The third kappa shape index (κ3) is 5.05. The first kappa shape index (κ1) is 21.1. The maximum Gasteiger partial charge on any atom is 0.363 e. The molecule has 0 radical (unpaired) electrons. The fourth-order valence-corrected chi connectivity index (χ4v) is 2.89. The fourth-order valence-electron chi connectivity index (χ4n) is 2.89. The van der Waals surface area contributed by atoms with Gasteiger partial charge in [0, 0.05) is 5.69 Å². The summed E-state index contributed by atoms with van der Waals surface area (Å²) in [5.41, 5.74) is 2.64. The van der Waals surface area contributed by atoms with E-state index in [1.54, 1.807) is 6.20 Å². The van der Waals surface area contributed by atoms with Gasteiger partial charge in [-0.15, -0.1) is 0 Å². The summed E-state index contributed by atoms with van der Waals surface area (Å²) in [5.74, 6) is -0.434. The van der Waals surface area contributed by atoms with E-state index in [2.05, 4.69) is 24.3 Å². The van der Waals surface area contributed by atoms with Crippen LogP contribution in [0.4, 0.5) is 5.69 Å². The molecule has 0 bridgehead atoms. The Morgan fingerprint density at radius 2 is 1.80 bits per heavy atom. The van der Waals surface area contributed by atoms with Gasteiger partial charge < -0.3 is 14.8 Å². The van der Waals surface area contributed by atoms with Crippen molar-refractivity contribution < 1.29 is 19.1 Å². The van der Waals surface area contributed by atoms with Gasteiger partial charge >= 0.3 is 5.97 Å². The number of aromatic nitrogens is 2. The molecule has 0 saturated carbocycles. The van der Waals surface area contributed by atoms with Crippen molar-refractivity contribution in [2.45, 2.75) is 26.2 Å². The van der Waals surface area contributed by atoms with Gasteiger partial charge in [-0.25, -0.2) is 9.48 Å². The van der Waals surface area contributed by atoms with E-state index in [0.29, 0.717) is 11.6 Å². The second-order valence-electron chi connectivity index (χ2n) is 6.88. The Hall–Kier alpha value is -3.61. The van der Waals surface area contributed by atoms with E-state index in [1.165, 1.54) is 17.4 Å². The fraction of sp³-hybridized carbons (Fsp3) is 0.261. The zero-order chi connectivity index (χ0) is 21.5. The molecule has 30 heavy (non-hydrogen) atoms. The average molecular weight is 407 g/mol. The molecule has 0 fully saturated rings. The Bertz CT molecular complexity index is 997. The van der Waals surface area contributed by atoms with Crippen LogP contribution in [0.5, 0.6) is 5.75 Å². The van der Waals surface area contributed by atoms with E-state index in [4.69, 9.17) is 9.47 Å². The Morgan fingerprint density at radius 1 is 1.10 bits per heavy atom. The van der Waals surface area contributed by atoms with Crippen molar-refractivity contribution in [3.05, 3.63) is 72.1 Å². The number of amides is 1. The lowest BCUT2D eigenvalue weighted by Gasteiger charge is -2.10. The molecule has 0 aliphatic rings. The molecule has 0 unspecified atom stereocenters. The van der Waals surface area contributed by atoms with Crippen LogP contribution >= 0.6 is 0 Å². The highest BCUT2D eigenvalue weighted by Gasteiger charge is 2.21. The molecular formula is C23H25N3O4. The smallest absolute Gasteiger partial charge is 0.363 e. The van der Waals surface area contributed by atoms with Crippen molar-refractivity contribution in [2.24, 2.45) is 0 Å². The predicted octanol–water partition coefficient (Wildman–Crippen LogP) is 4.19. The SMILES string of the molecule is CC[C@@H](C)c1ccc(NC(=O)COC(=O)c2nn(-c3ccccc3)cc2OC)cc1. The molecule has 3 rings (SSSR count). The second kappa shape index (κ2) is 9.73. The number of anilines is 1. The van der Waals surface area contributed by atoms with Crippen LogP contribution in [0.1, 0.15) is 42.2 Å². The number of nitrogens with one attached hydrogen (secondary N) is 1.